The van der Waals surface area contributed by atoms with E-state index in [-0.39, 0.29) is 17.7 Å². The number of aromatic amines is 1. The number of fused-ring (bicyclic) bond motifs is 1. The molecule has 0 aliphatic carbocycles. The number of nitrogens with one attached hydrogen (secondary N) is 1. The number of carboxylic acids is 1. The summed E-state index contributed by atoms with van der Waals surface area (Å²) in [4.78, 5) is 40.5. The van der Waals surface area contributed by atoms with Gasteiger partial charge >= 0.3 is 18.1 Å². The van der Waals surface area contributed by atoms with Crippen molar-refractivity contribution in [3.63, 3.8) is 0 Å². The minimum atomic E-state index is -5.37. The highest BCUT2D eigenvalue weighted by molar-refractivity contribution is 5.94. The van der Waals surface area contributed by atoms with Crippen LogP contribution in [-0.2, 0) is 29.5 Å². The molecule has 4 rings (SSSR count). The average Bonchev–Trinajstić information content (AvgIpc) is 3.13. The number of morpholine rings is 1. The number of ether oxygens (including phenoxy) is 2. The minimum Gasteiger partial charge on any atom is -0.477 e. The van der Waals surface area contributed by atoms with Crippen LogP contribution in [0.3, 0.4) is 0 Å². The Morgan fingerprint density at radius 3 is 2.50 bits per heavy atom. The number of alkyl halides is 3. The zero-order chi connectivity index (χ0) is 26.2. The van der Waals surface area contributed by atoms with E-state index in [1.807, 2.05) is 17.7 Å². The van der Waals surface area contributed by atoms with Crippen LogP contribution in [0.25, 0.3) is 22.2 Å². The summed E-state index contributed by atoms with van der Waals surface area (Å²) >= 11 is 0. The number of aromatic carboxylic acids is 1. The van der Waals surface area contributed by atoms with Crippen molar-refractivity contribution in [1.82, 2.24) is 14.5 Å². The number of rotatable bonds is 6. The number of carboxylic acid groups (broad SMARTS) is 1. The Balaban J connectivity index is 1.81. The molecule has 1 aromatic carbocycles. The smallest absolute Gasteiger partial charge is 0.477 e. The number of H-pyrrole nitrogens is 1. The number of esters is 1. The van der Waals surface area contributed by atoms with Gasteiger partial charge in [-0.15, -0.1) is 0 Å². The van der Waals surface area contributed by atoms with E-state index in [1.54, 1.807) is 25.1 Å². The van der Waals surface area contributed by atoms with Gasteiger partial charge in [-0.05, 0) is 30.2 Å². The molecule has 1 fully saturated rings. The fourth-order valence-electron chi connectivity index (χ4n) is 4.36. The van der Waals surface area contributed by atoms with Gasteiger partial charge in [0, 0.05) is 48.8 Å². The van der Waals surface area contributed by atoms with E-state index < -0.39 is 35.0 Å². The van der Waals surface area contributed by atoms with Gasteiger partial charge in [-0.25, -0.2) is 9.59 Å². The molecule has 9 nitrogen and oxygen atoms in total. The third-order valence-electron chi connectivity index (χ3n) is 6.18. The summed E-state index contributed by atoms with van der Waals surface area (Å²) in [5.74, 6) is -5.33. The van der Waals surface area contributed by atoms with Gasteiger partial charge in [0.05, 0.1) is 18.9 Å². The van der Waals surface area contributed by atoms with Crippen molar-refractivity contribution >= 4 is 22.8 Å². The lowest BCUT2D eigenvalue weighted by Crippen LogP contribution is -2.36. The number of aromatic nitrogens is 2. The first-order valence-corrected chi connectivity index (χ1v) is 11.2. The van der Waals surface area contributed by atoms with Gasteiger partial charge < -0.3 is 24.1 Å². The predicted octanol–water partition coefficient (Wildman–Crippen LogP) is 3.09. The van der Waals surface area contributed by atoms with Gasteiger partial charge in [0.2, 0.25) is 0 Å². The first kappa shape index (κ1) is 25.5. The largest absolute Gasteiger partial charge is 0.491 e. The Kier molecular flexibility index (Phi) is 6.92. The first-order chi connectivity index (χ1) is 17.0. The summed E-state index contributed by atoms with van der Waals surface area (Å²) in [6.07, 6.45) is -5.38. The third kappa shape index (κ3) is 4.86. The molecule has 3 heterocycles. The molecule has 36 heavy (non-hydrogen) atoms. The Morgan fingerprint density at radius 1 is 1.19 bits per heavy atom. The van der Waals surface area contributed by atoms with Gasteiger partial charge in [-0.3, -0.25) is 9.69 Å². The molecule has 192 valence electrons. The fraction of sp³-hybridized carbons (Fsp3) is 0.375. The van der Waals surface area contributed by atoms with Crippen LogP contribution in [0.4, 0.5) is 13.2 Å². The maximum Gasteiger partial charge on any atom is 0.491 e. The van der Waals surface area contributed by atoms with Crippen LogP contribution in [0.5, 0.6) is 5.75 Å². The molecule has 0 atom stereocenters. The van der Waals surface area contributed by atoms with Crippen molar-refractivity contribution < 1.29 is 37.3 Å². The van der Waals surface area contributed by atoms with Crippen molar-refractivity contribution in [3.05, 3.63) is 51.4 Å². The van der Waals surface area contributed by atoms with Crippen LogP contribution in [0, 0.1) is 0 Å². The van der Waals surface area contributed by atoms with Gasteiger partial charge in [0.25, 0.3) is 5.56 Å². The highest BCUT2D eigenvalue weighted by Crippen LogP contribution is 2.34. The predicted molar refractivity (Wildman–Crippen MR) is 123 cm³/mol. The number of aryl methyl sites for hydroxylation is 1. The van der Waals surface area contributed by atoms with Crippen LogP contribution in [0.1, 0.15) is 28.5 Å². The molecule has 1 aliphatic heterocycles. The van der Waals surface area contributed by atoms with Crippen LogP contribution in [0.15, 0.2) is 29.1 Å². The summed E-state index contributed by atoms with van der Waals surface area (Å²) in [7, 11) is 1.92. The normalized spacial score (nSPS) is 14.8. The highest BCUT2D eigenvalue weighted by Gasteiger charge is 2.43. The SMILES string of the molecule is CCc1c(-c2ccc3c(c2)cc(CN2CCOCC2)n3C)[nH]c(=O)c(C(=O)O)c1OC(=O)C(F)(F)F. The Bertz CT molecular complexity index is 1390. The quantitative estimate of drug-likeness (QED) is 0.493. The minimum absolute atomic E-state index is 0.0119. The summed E-state index contributed by atoms with van der Waals surface area (Å²) in [6.45, 7) is 5.19. The lowest BCUT2D eigenvalue weighted by molar-refractivity contribution is -0.189. The Labute approximate surface area is 203 Å². The number of nitrogens with zero attached hydrogens (tertiary/aromatic N) is 2. The van der Waals surface area contributed by atoms with Gasteiger partial charge in [-0.1, -0.05) is 13.0 Å². The molecular formula is C24H24F3N3O6. The third-order valence-corrected chi connectivity index (χ3v) is 6.18. The highest BCUT2D eigenvalue weighted by atomic mass is 19.4. The van der Waals surface area contributed by atoms with Crippen molar-refractivity contribution in [3.8, 4) is 17.0 Å². The molecular weight excluding hydrogens is 483 g/mol. The summed E-state index contributed by atoms with van der Waals surface area (Å²) < 4.78 is 50.5. The second-order valence-corrected chi connectivity index (χ2v) is 8.41. The lowest BCUT2D eigenvalue weighted by Gasteiger charge is -2.26. The molecule has 0 bridgehead atoms. The van der Waals surface area contributed by atoms with E-state index in [0.717, 1.165) is 29.7 Å². The standard InChI is InChI=1S/C24H24F3N3O6/c1-3-16-19(28-21(31)18(22(32)33)20(16)36-23(34)24(25,26)27)13-4-5-17-14(10-13)11-15(29(17)2)12-30-6-8-35-9-7-30/h4-5,10-11H,3,6-9,12H2,1-2H3,(H,28,31)(H,32,33). The number of benzene rings is 1. The zero-order valence-electron chi connectivity index (χ0n) is 19.6. The number of hydrogen-bond donors (Lipinski definition) is 2. The molecule has 3 aromatic rings. The van der Waals surface area contributed by atoms with E-state index in [0.29, 0.717) is 25.3 Å². The maximum absolute atomic E-state index is 12.9. The molecule has 12 heteroatoms. The van der Waals surface area contributed by atoms with Gasteiger partial charge in [-0.2, -0.15) is 13.2 Å². The molecule has 0 amide bonds. The van der Waals surface area contributed by atoms with E-state index >= 15 is 0 Å². The summed E-state index contributed by atoms with van der Waals surface area (Å²) in [5, 5.41) is 10.3. The number of carbonyl (C=O) groups is 2. The monoisotopic (exact) mass is 507 g/mol. The average molecular weight is 507 g/mol. The zero-order valence-corrected chi connectivity index (χ0v) is 19.6. The molecule has 2 N–H and O–H groups in total. The summed E-state index contributed by atoms with van der Waals surface area (Å²) in [6, 6.07) is 7.20. The maximum atomic E-state index is 12.9. The molecule has 0 unspecified atom stereocenters. The van der Waals surface area contributed by atoms with Gasteiger partial charge in [0.15, 0.2) is 11.3 Å². The molecule has 2 aromatic heterocycles. The second-order valence-electron chi connectivity index (χ2n) is 8.41. The number of halogens is 3. The number of carbonyl (C=O) groups excluding carboxylic acids is 1. The molecule has 0 radical (unpaired) electrons. The van der Waals surface area contributed by atoms with Crippen LogP contribution in [-0.4, -0.2) is 64.0 Å². The summed E-state index contributed by atoms with van der Waals surface area (Å²) in [5.41, 5.74) is 0.165. The van der Waals surface area contributed by atoms with E-state index in [9.17, 15) is 32.7 Å². The first-order valence-electron chi connectivity index (χ1n) is 11.2. The molecule has 1 saturated heterocycles. The Hall–Kier alpha value is -3.64. The van der Waals surface area contributed by atoms with Crippen molar-refractivity contribution in [2.75, 3.05) is 26.3 Å². The Morgan fingerprint density at radius 2 is 1.89 bits per heavy atom. The van der Waals surface area contributed by atoms with Crippen molar-refractivity contribution in [1.29, 1.82) is 0 Å². The van der Waals surface area contributed by atoms with Crippen LogP contribution >= 0.6 is 0 Å². The van der Waals surface area contributed by atoms with Crippen molar-refractivity contribution in [2.45, 2.75) is 26.1 Å². The van der Waals surface area contributed by atoms with E-state index in [4.69, 9.17) is 4.74 Å². The van der Waals surface area contributed by atoms with Gasteiger partial charge in [0.1, 0.15) is 0 Å². The molecule has 0 spiro atoms. The fourth-order valence-corrected chi connectivity index (χ4v) is 4.36. The van der Waals surface area contributed by atoms with E-state index in [1.165, 1.54) is 0 Å². The second kappa shape index (κ2) is 9.78. The number of pyridine rings is 1. The topological polar surface area (TPSA) is 114 Å². The lowest BCUT2D eigenvalue weighted by atomic mass is 9.99. The molecule has 1 aliphatic rings. The van der Waals surface area contributed by atoms with Crippen LogP contribution in [0.2, 0.25) is 0 Å². The number of hydrogen-bond acceptors (Lipinski definition) is 6. The van der Waals surface area contributed by atoms with E-state index in [2.05, 4.69) is 14.6 Å². The van der Waals surface area contributed by atoms with Crippen molar-refractivity contribution in [2.24, 2.45) is 7.05 Å². The molecule has 0 saturated carbocycles. The van der Waals surface area contributed by atoms with Crippen LogP contribution < -0.4 is 10.3 Å².